The predicted octanol–water partition coefficient (Wildman–Crippen LogP) is 3.20. The van der Waals surface area contributed by atoms with Crippen molar-refractivity contribution in [3.05, 3.63) is 71.8 Å². The molecule has 0 spiro atoms. The van der Waals surface area contributed by atoms with E-state index in [-0.39, 0.29) is 17.1 Å². The van der Waals surface area contributed by atoms with Crippen LogP contribution in [0.1, 0.15) is 10.4 Å². The molecule has 0 bridgehead atoms. The largest absolute Gasteiger partial charge is 0.370 e. The van der Waals surface area contributed by atoms with E-state index in [0.29, 0.717) is 10.9 Å². The van der Waals surface area contributed by atoms with E-state index >= 15 is 0 Å². The summed E-state index contributed by atoms with van der Waals surface area (Å²) in [5.41, 5.74) is 10.9. The van der Waals surface area contributed by atoms with Crippen molar-refractivity contribution < 1.29 is 13.6 Å². The first-order chi connectivity index (χ1) is 11.5. The molecule has 0 aliphatic carbocycles. The van der Waals surface area contributed by atoms with Crippen LogP contribution >= 0.6 is 0 Å². The summed E-state index contributed by atoms with van der Waals surface area (Å²) in [4.78, 5) is 15.5. The molecule has 0 saturated heterocycles. The molecule has 0 saturated carbocycles. The van der Waals surface area contributed by atoms with Gasteiger partial charge in [-0.25, -0.2) is 8.78 Å². The minimum Gasteiger partial charge on any atom is -0.370 e. The lowest BCUT2D eigenvalue weighted by atomic mass is 9.96. The van der Waals surface area contributed by atoms with Crippen LogP contribution in [0.3, 0.4) is 0 Å². The monoisotopic (exact) mass is 325 g/mol. The van der Waals surface area contributed by atoms with E-state index in [0.717, 1.165) is 5.39 Å². The van der Waals surface area contributed by atoms with E-state index in [1.54, 1.807) is 30.3 Å². The smallest absolute Gasteiger partial charge is 0.280 e. The van der Waals surface area contributed by atoms with Gasteiger partial charge in [-0.15, -0.1) is 0 Å². The number of amides is 1. The third kappa shape index (κ3) is 2.81. The van der Waals surface area contributed by atoms with Gasteiger partial charge in [0.05, 0.1) is 5.56 Å². The van der Waals surface area contributed by atoms with Crippen LogP contribution in [0.2, 0.25) is 0 Å². The lowest BCUT2D eigenvalue weighted by Gasteiger charge is -2.10. The second kappa shape index (κ2) is 6.08. The molecule has 0 aliphatic heterocycles. The summed E-state index contributed by atoms with van der Waals surface area (Å²) >= 11 is 0. The van der Waals surface area contributed by atoms with Crippen LogP contribution in [0.5, 0.6) is 0 Å². The number of nitrogens with two attached hydrogens (primary N) is 2. The Morgan fingerprint density at radius 2 is 1.58 bits per heavy atom. The van der Waals surface area contributed by atoms with Crippen molar-refractivity contribution in [2.24, 2.45) is 16.5 Å². The van der Waals surface area contributed by atoms with Crippen LogP contribution in [0.15, 0.2) is 59.6 Å². The number of nitrogens with zero attached hydrogens (tertiary/aromatic N) is 1. The van der Waals surface area contributed by atoms with Crippen LogP contribution in [-0.4, -0.2) is 11.9 Å². The molecule has 3 aromatic carbocycles. The number of fused-ring (bicyclic) bond motifs is 1. The summed E-state index contributed by atoms with van der Waals surface area (Å²) in [6, 6.07) is 13.5. The Morgan fingerprint density at radius 1 is 0.917 bits per heavy atom. The molecule has 4 N–H and O–H groups in total. The number of halogens is 2. The first-order valence-electron chi connectivity index (χ1n) is 7.08. The Balaban J connectivity index is 2.26. The van der Waals surface area contributed by atoms with Crippen molar-refractivity contribution in [1.82, 2.24) is 0 Å². The SMILES string of the molecule is NC(N)=NC(=O)c1ccc2cccc(-c3c(F)cccc3F)c2c1. The summed E-state index contributed by atoms with van der Waals surface area (Å²) in [7, 11) is 0. The maximum Gasteiger partial charge on any atom is 0.280 e. The Bertz CT molecular complexity index is 959. The highest BCUT2D eigenvalue weighted by molar-refractivity contribution is 6.06. The molecule has 4 nitrogen and oxygen atoms in total. The normalized spacial score (nSPS) is 10.6. The van der Waals surface area contributed by atoms with Gasteiger partial charge in [0.2, 0.25) is 0 Å². The lowest BCUT2D eigenvalue weighted by molar-refractivity contribution is 0.100. The molecule has 6 heteroatoms. The molecular formula is C18H13F2N3O. The molecule has 0 aromatic heterocycles. The van der Waals surface area contributed by atoms with E-state index in [1.807, 2.05) is 0 Å². The van der Waals surface area contributed by atoms with Crippen LogP contribution in [0.25, 0.3) is 21.9 Å². The fraction of sp³-hybridized carbons (Fsp3) is 0. The molecular weight excluding hydrogens is 312 g/mol. The van der Waals surface area contributed by atoms with Crippen molar-refractivity contribution in [1.29, 1.82) is 0 Å². The minimum absolute atomic E-state index is 0.144. The highest BCUT2D eigenvalue weighted by Gasteiger charge is 2.15. The lowest BCUT2D eigenvalue weighted by Crippen LogP contribution is -2.24. The molecule has 3 aromatic rings. The summed E-state index contributed by atoms with van der Waals surface area (Å²) < 4.78 is 28.3. The molecule has 0 aliphatic rings. The van der Waals surface area contributed by atoms with E-state index in [2.05, 4.69) is 4.99 Å². The van der Waals surface area contributed by atoms with Crippen LogP contribution in [0, 0.1) is 11.6 Å². The Kier molecular flexibility index (Phi) is 3.95. The maximum absolute atomic E-state index is 14.1. The number of benzene rings is 3. The maximum atomic E-state index is 14.1. The van der Waals surface area contributed by atoms with Gasteiger partial charge in [-0.05, 0) is 40.6 Å². The van der Waals surface area contributed by atoms with Gasteiger partial charge in [0, 0.05) is 5.56 Å². The fourth-order valence-electron chi connectivity index (χ4n) is 2.56. The third-order valence-corrected chi connectivity index (χ3v) is 3.59. The second-order valence-corrected chi connectivity index (χ2v) is 5.18. The number of rotatable bonds is 2. The first-order valence-corrected chi connectivity index (χ1v) is 7.08. The highest BCUT2D eigenvalue weighted by Crippen LogP contribution is 2.33. The average molecular weight is 325 g/mol. The number of hydrogen-bond donors (Lipinski definition) is 2. The molecule has 3 rings (SSSR count). The van der Waals surface area contributed by atoms with Gasteiger partial charge in [-0.1, -0.05) is 30.3 Å². The number of carbonyl (C=O) groups excluding carboxylic acids is 1. The standard InChI is InChI=1S/C18H13F2N3O/c19-14-5-2-6-15(20)16(14)12-4-1-3-10-7-8-11(9-13(10)12)17(24)23-18(21)22/h1-9H,(H4,21,22,23,24). The van der Waals surface area contributed by atoms with Crippen molar-refractivity contribution in [2.45, 2.75) is 0 Å². The van der Waals surface area contributed by atoms with Gasteiger partial charge in [-0.2, -0.15) is 4.99 Å². The fourth-order valence-corrected chi connectivity index (χ4v) is 2.56. The highest BCUT2D eigenvalue weighted by atomic mass is 19.1. The molecule has 0 heterocycles. The number of aliphatic imine (C=N–C) groups is 1. The molecule has 0 atom stereocenters. The zero-order valence-electron chi connectivity index (χ0n) is 12.5. The number of hydrogen-bond acceptors (Lipinski definition) is 1. The van der Waals surface area contributed by atoms with Crippen molar-refractivity contribution in [3.63, 3.8) is 0 Å². The Morgan fingerprint density at radius 3 is 2.25 bits per heavy atom. The van der Waals surface area contributed by atoms with E-state index in [9.17, 15) is 13.6 Å². The van der Waals surface area contributed by atoms with E-state index in [1.165, 1.54) is 24.3 Å². The summed E-state index contributed by atoms with van der Waals surface area (Å²) in [5.74, 6) is -2.33. The zero-order chi connectivity index (χ0) is 17.3. The zero-order valence-corrected chi connectivity index (χ0v) is 12.5. The Labute approximate surface area is 136 Å². The van der Waals surface area contributed by atoms with Crippen LogP contribution < -0.4 is 11.5 Å². The number of guanidine groups is 1. The molecule has 0 unspecified atom stereocenters. The van der Waals surface area contributed by atoms with Gasteiger partial charge in [0.1, 0.15) is 11.6 Å². The van der Waals surface area contributed by atoms with Crippen LogP contribution in [-0.2, 0) is 0 Å². The van der Waals surface area contributed by atoms with Gasteiger partial charge in [0.25, 0.3) is 5.91 Å². The van der Waals surface area contributed by atoms with Gasteiger partial charge < -0.3 is 11.5 Å². The molecule has 120 valence electrons. The van der Waals surface area contributed by atoms with Gasteiger partial charge in [-0.3, -0.25) is 4.79 Å². The summed E-state index contributed by atoms with van der Waals surface area (Å²) in [6.45, 7) is 0. The summed E-state index contributed by atoms with van der Waals surface area (Å²) in [6.07, 6.45) is 0. The summed E-state index contributed by atoms with van der Waals surface area (Å²) in [5, 5.41) is 1.26. The van der Waals surface area contributed by atoms with Crippen LogP contribution in [0.4, 0.5) is 8.78 Å². The van der Waals surface area contributed by atoms with Gasteiger partial charge >= 0.3 is 0 Å². The van der Waals surface area contributed by atoms with Crippen molar-refractivity contribution in [3.8, 4) is 11.1 Å². The molecule has 0 fully saturated rings. The predicted molar refractivity (Wildman–Crippen MR) is 89.4 cm³/mol. The number of carbonyl (C=O) groups is 1. The van der Waals surface area contributed by atoms with Crippen molar-refractivity contribution in [2.75, 3.05) is 0 Å². The molecule has 24 heavy (non-hydrogen) atoms. The minimum atomic E-state index is -0.677. The van der Waals surface area contributed by atoms with Gasteiger partial charge in [0.15, 0.2) is 5.96 Å². The molecule has 1 amide bonds. The van der Waals surface area contributed by atoms with E-state index in [4.69, 9.17) is 11.5 Å². The van der Waals surface area contributed by atoms with E-state index < -0.39 is 17.5 Å². The second-order valence-electron chi connectivity index (χ2n) is 5.18. The van der Waals surface area contributed by atoms with Crippen molar-refractivity contribution >= 4 is 22.6 Å². The first kappa shape index (κ1) is 15.6. The average Bonchev–Trinajstić information content (AvgIpc) is 2.53. The quantitative estimate of drug-likeness (QED) is 0.561. The molecule has 0 radical (unpaired) electrons. The topological polar surface area (TPSA) is 81.5 Å². The third-order valence-electron chi connectivity index (χ3n) is 3.59. The Hall–Kier alpha value is -3.28.